The summed E-state index contributed by atoms with van der Waals surface area (Å²) in [4.78, 5) is 13.1. The molecule has 3 heterocycles. The number of rotatable bonds is 3. The largest absolute Gasteiger partial charge is 0.497 e. The molecule has 2 N–H and O–H groups in total. The highest BCUT2D eigenvalue weighted by molar-refractivity contribution is 5.94. The second-order valence-electron chi connectivity index (χ2n) is 7.41. The minimum atomic E-state index is 0.777. The predicted molar refractivity (Wildman–Crippen MR) is 112 cm³/mol. The maximum atomic E-state index is 5.29. The summed E-state index contributed by atoms with van der Waals surface area (Å²) in [5, 5.41) is 8.58. The minimum absolute atomic E-state index is 0.777. The van der Waals surface area contributed by atoms with Crippen molar-refractivity contribution in [2.24, 2.45) is 0 Å². The van der Waals surface area contributed by atoms with Crippen molar-refractivity contribution in [2.75, 3.05) is 45.2 Å². The van der Waals surface area contributed by atoms with Crippen molar-refractivity contribution in [3.63, 3.8) is 0 Å². The van der Waals surface area contributed by atoms with Gasteiger partial charge in [0.05, 0.1) is 23.7 Å². The molecule has 0 saturated carbocycles. The fraction of sp³-hybridized carbons (Fsp3) is 0.333. The van der Waals surface area contributed by atoms with Gasteiger partial charge in [-0.15, -0.1) is 0 Å². The predicted octanol–water partition coefficient (Wildman–Crippen LogP) is 3.26. The maximum Gasteiger partial charge on any atom is 0.159 e. The summed E-state index contributed by atoms with van der Waals surface area (Å²) in [5.41, 5.74) is 5.00. The number of H-pyrrole nitrogens is 2. The zero-order valence-electron chi connectivity index (χ0n) is 16.2. The Balaban J connectivity index is 1.50. The van der Waals surface area contributed by atoms with E-state index in [2.05, 4.69) is 50.2 Å². The molecule has 0 atom stereocenters. The molecule has 1 fully saturated rings. The van der Waals surface area contributed by atoms with Gasteiger partial charge in [-0.05, 0) is 50.3 Å². The molecular weight excluding hydrogens is 352 g/mol. The van der Waals surface area contributed by atoms with Crippen LogP contribution in [0.1, 0.15) is 6.42 Å². The van der Waals surface area contributed by atoms with E-state index in [-0.39, 0.29) is 0 Å². The fourth-order valence-corrected chi connectivity index (χ4v) is 3.92. The lowest BCUT2D eigenvalue weighted by Gasteiger charge is -2.22. The fourth-order valence-electron chi connectivity index (χ4n) is 3.92. The Morgan fingerprint density at radius 2 is 1.93 bits per heavy atom. The molecule has 1 aliphatic heterocycles. The van der Waals surface area contributed by atoms with Gasteiger partial charge in [0.15, 0.2) is 5.82 Å². The van der Waals surface area contributed by atoms with Crippen molar-refractivity contribution >= 4 is 27.6 Å². The molecule has 7 heteroatoms. The van der Waals surface area contributed by atoms with Gasteiger partial charge in [-0.1, -0.05) is 0 Å². The van der Waals surface area contributed by atoms with Crippen molar-refractivity contribution in [1.29, 1.82) is 0 Å². The number of likely N-dealkylation sites (N-methyl/N-ethyl adjacent to an activating group) is 1. The number of nitrogens with zero attached hydrogens (tertiary/aromatic N) is 4. The van der Waals surface area contributed by atoms with E-state index in [0.717, 1.165) is 65.4 Å². The third-order valence-electron chi connectivity index (χ3n) is 5.54. The third-order valence-corrected chi connectivity index (χ3v) is 5.54. The Hall–Kier alpha value is -3.06. The van der Waals surface area contributed by atoms with Crippen LogP contribution >= 0.6 is 0 Å². The summed E-state index contributed by atoms with van der Waals surface area (Å²) in [7, 11) is 3.86. The lowest BCUT2D eigenvalue weighted by atomic mass is 10.2. The minimum Gasteiger partial charge on any atom is -0.497 e. The lowest BCUT2D eigenvalue weighted by Crippen LogP contribution is -2.28. The van der Waals surface area contributed by atoms with Crippen LogP contribution in [-0.2, 0) is 0 Å². The van der Waals surface area contributed by atoms with Gasteiger partial charge in [-0.2, -0.15) is 5.10 Å². The van der Waals surface area contributed by atoms with E-state index in [1.54, 1.807) is 7.11 Å². The summed E-state index contributed by atoms with van der Waals surface area (Å²) < 4.78 is 5.29. The number of anilines is 1. The number of benzene rings is 2. The van der Waals surface area contributed by atoms with Crippen LogP contribution in [0.25, 0.3) is 33.5 Å². The van der Waals surface area contributed by atoms with Crippen molar-refractivity contribution in [3.05, 3.63) is 36.4 Å². The normalized spacial score (nSPS) is 16.0. The molecule has 0 aliphatic carbocycles. The smallest absolute Gasteiger partial charge is 0.159 e. The van der Waals surface area contributed by atoms with Crippen molar-refractivity contribution in [1.82, 2.24) is 25.1 Å². The molecule has 28 heavy (non-hydrogen) atoms. The second-order valence-corrected chi connectivity index (χ2v) is 7.41. The zero-order valence-corrected chi connectivity index (χ0v) is 16.2. The highest BCUT2D eigenvalue weighted by Crippen LogP contribution is 2.29. The number of aromatic nitrogens is 4. The first-order valence-corrected chi connectivity index (χ1v) is 9.67. The van der Waals surface area contributed by atoms with Gasteiger partial charge >= 0.3 is 0 Å². The van der Waals surface area contributed by atoms with Gasteiger partial charge in [0.2, 0.25) is 0 Å². The van der Waals surface area contributed by atoms with Crippen LogP contribution < -0.4 is 9.64 Å². The third kappa shape index (κ3) is 2.97. The van der Waals surface area contributed by atoms with Crippen LogP contribution in [0.5, 0.6) is 5.75 Å². The number of methoxy groups -OCH3 is 1. The standard InChI is InChI=1S/C21H24N6O/c1-26-8-3-9-27(11-10-26)14-4-7-17-19(12-14)23-21(22-17)20-16-6-5-15(28-2)13-18(16)24-25-20/h4-7,12-13H,3,8-11H2,1-2H3,(H,22,23)(H,24,25). The quantitative estimate of drug-likeness (QED) is 0.574. The van der Waals surface area contributed by atoms with Gasteiger partial charge in [-0.3, -0.25) is 5.10 Å². The number of nitrogens with one attached hydrogen (secondary N) is 2. The van der Waals surface area contributed by atoms with Crippen molar-refractivity contribution < 1.29 is 4.74 Å². The molecular formula is C21H24N6O. The molecule has 5 rings (SSSR count). The molecule has 0 radical (unpaired) electrons. The monoisotopic (exact) mass is 376 g/mol. The van der Waals surface area contributed by atoms with Crippen molar-refractivity contribution in [2.45, 2.75) is 6.42 Å². The highest BCUT2D eigenvalue weighted by Gasteiger charge is 2.16. The number of hydrogen-bond acceptors (Lipinski definition) is 5. The molecule has 1 saturated heterocycles. The topological polar surface area (TPSA) is 73.1 Å². The number of fused-ring (bicyclic) bond motifs is 2. The summed E-state index contributed by atoms with van der Waals surface area (Å²) in [6.45, 7) is 4.39. The SMILES string of the molecule is COc1ccc2c(-c3nc4ccc(N5CCCN(C)CC5)cc4[nH]3)n[nH]c2c1. The Labute approximate surface area is 163 Å². The summed E-state index contributed by atoms with van der Waals surface area (Å²) in [6, 6.07) is 12.4. The molecule has 144 valence electrons. The molecule has 7 nitrogen and oxygen atoms in total. The van der Waals surface area contributed by atoms with Gasteiger partial charge in [-0.25, -0.2) is 4.98 Å². The first-order valence-electron chi connectivity index (χ1n) is 9.67. The molecule has 2 aromatic heterocycles. The molecule has 0 amide bonds. The number of imidazole rings is 1. The van der Waals surface area contributed by atoms with Gasteiger partial charge in [0, 0.05) is 36.8 Å². The van der Waals surface area contributed by atoms with E-state index >= 15 is 0 Å². The van der Waals surface area contributed by atoms with E-state index in [1.165, 1.54) is 12.1 Å². The number of hydrogen-bond donors (Lipinski definition) is 2. The average Bonchev–Trinajstić information content (AvgIpc) is 3.26. The van der Waals surface area contributed by atoms with E-state index in [4.69, 9.17) is 9.72 Å². The van der Waals surface area contributed by atoms with Crippen LogP contribution in [0.3, 0.4) is 0 Å². The zero-order chi connectivity index (χ0) is 19.1. The molecule has 2 aromatic carbocycles. The van der Waals surface area contributed by atoms with Crippen LogP contribution in [0.2, 0.25) is 0 Å². The summed E-state index contributed by atoms with van der Waals surface area (Å²) in [6.07, 6.45) is 1.19. The Bertz CT molecular complexity index is 1130. The van der Waals surface area contributed by atoms with Gasteiger partial charge < -0.3 is 19.5 Å². The second kappa shape index (κ2) is 6.83. The Kier molecular flexibility index (Phi) is 4.16. The first kappa shape index (κ1) is 17.1. The van der Waals surface area contributed by atoms with Crippen LogP contribution in [0.15, 0.2) is 36.4 Å². The van der Waals surface area contributed by atoms with Crippen molar-refractivity contribution in [3.8, 4) is 17.3 Å². The Morgan fingerprint density at radius 3 is 2.82 bits per heavy atom. The number of ether oxygens (including phenoxy) is 1. The van der Waals surface area contributed by atoms with Gasteiger partial charge in [0.1, 0.15) is 11.4 Å². The summed E-state index contributed by atoms with van der Waals surface area (Å²) >= 11 is 0. The highest BCUT2D eigenvalue weighted by atomic mass is 16.5. The van der Waals surface area contributed by atoms with Crippen LogP contribution in [0, 0.1) is 0 Å². The van der Waals surface area contributed by atoms with Crippen LogP contribution in [0.4, 0.5) is 5.69 Å². The van der Waals surface area contributed by atoms with E-state index < -0.39 is 0 Å². The molecule has 4 aromatic rings. The van der Waals surface area contributed by atoms with E-state index in [0.29, 0.717) is 0 Å². The molecule has 0 unspecified atom stereocenters. The molecule has 0 bridgehead atoms. The van der Waals surface area contributed by atoms with Crippen LogP contribution in [-0.4, -0.2) is 65.4 Å². The Morgan fingerprint density at radius 1 is 1.00 bits per heavy atom. The number of aromatic amines is 2. The van der Waals surface area contributed by atoms with E-state index in [9.17, 15) is 0 Å². The molecule has 1 aliphatic rings. The lowest BCUT2D eigenvalue weighted by molar-refractivity contribution is 0.360. The average molecular weight is 376 g/mol. The molecule has 0 spiro atoms. The van der Waals surface area contributed by atoms with E-state index in [1.807, 2.05) is 18.2 Å². The van der Waals surface area contributed by atoms with Gasteiger partial charge in [0.25, 0.3) is 0 Å². The maximum absolute atomic E-state index is 5.29. The summed E-state index contributed by atoms with van der Waals surface area (Å²) in [5.74, 6) is 1.58. The first-order chi connectivity index (χ1) is 13.7.